The molecule has 1 aromatic heterocycles. The number of H-pyrrole nitrogens is 1. The quantitative estimate of drug-likeness (QED) is 0.670. The Hall–Kier alpha value is -1.84. The van der Waals surface area contributed by atoms with Crippen molar-refractivity contribution >= 4 is 21.8 Å². The molecule has 0 aliphatic carbocycles. The summed E-state index contributed by atoms with van der Waals surface area (Å²) >= 11 is 0. The smallest absolute Gasteiger partial charge is 0.0498 e. The second-order valence-electron chi connectivity index (χ2n) is 4.79. The lowest BCUT2D eigenvalue weighted by molar-refractivity contribution is 0.299. The molecule has 0 aliphatic heterocycles. The van der Waals surface area contributed by atoms with Crippen molar-refractivity contribution in [3.63, 3.8) is 0 Å². The van der Waals surface area contributed by atoms with Gasteiger partial charge in [0.05, 0.1) is 0 Å². The van der Waals surface area contributed by atoms with E-state index in [1.165, 1.54) is 10.8 Å². The summed E-state index contributed by atoms with van der Waals surface area (Å²) in [5.41, 5.74) is 4.46. The minimum absolute atomic E-state index is 0.157. The zero-order valence-electron chi connectivity index (χ0n) is 10.7. The Balaban J connectivity index is 2.22. The summed E-state index contributed by atoms with van der Waals surface area (Å²) in [6, 6.07) is 12.4. The van der Waals surface area contributed by atoms with Crippen molar-refractivity contribution in [2.24, 2.45) is 0 Å². The Morgan fingerprint density at radius 3 is 2.53 bits per heavy atom. The first-order chi connectivity index (χ1) is 9.33. The molecule has 3 heteroatoms. The van der Waals surface area contributed by atoms with Gasteiger partial charge in [-0.1, -0.05) is 30.3 Å². The number of fused-ring (bicyclic) bond motifs is 3. The number of aromatic nitrogens is 1. The van der Waals surface area contributed by atoms with Gasteiger partial charge in [-0.05, 0) is 30.0 Å². The van der Waals surface area contributed by atoms with Gasteiger partial charge >= 0.3 is 0 Å². The maximum atomic E-state index is 9.13. The van der Waals surface area contributed by atoms with Crippen molar-refractivity contribution in [3.8, 4) is 0 Å². The Kier molecular flexibility index (Phi) is 3.23. The first-order valence-electron chi connectivity index (χ1n) is 6.57. The van der Waals surface area contributed by atoms with Gasteiger partial charge in [-0.15, -0.1) is 0 Å². The number of aliphatic hydroxyl groups excluding tert-OH is 2. The number of hydrogen-bond acceptors (Lipinski definition) is 2. The highest BCUT2D eigenvalue weighted by Gasteiger charge is 2.08. The fourth-order valence-corrected chi connectivity index (χ4v) is 2.65. The summed E-state index contributed by atoms with van der Waals surface area (Å²) in [5.74, 6) is 0. The first kappa shape index (κ1) is 12.2. The van der Waals surface area contributed by atoms with E-state index in [2.05, 4.69) is 29.2 Å². The number of aromatic amines is 1. The van der Waals surface area contributed by atoms with Gasteiger partial charge in [-0.2, -0.15) is 0 Å². The lowest BCUT2D eigenvalue weighted by atomic mass is 10.1. The predicted octanol–water partition coefficient (Wildman–Crippen LogP) is 2.39. The largest absolute Gasteiger partial charge is 0.396 e. The van der Waals surface area contributed by atoms with Crippen LogP contribution < -0.4 is 0 Å². The van der Waals surface area contributed by atoms with E-state index in [9.17, 15) is 0 Å². The van der Waals surface area contributed by atoms with Crippen LogP contribution >= 0.6 is 0 Å². The molecule has 3 N–H and O–H groups in total. The Labute approximate surface area is 111 Å². The topological polar surface area (TPSA) is 56.2 Å². The van der Waals surface area contributed by atoms with Crippen LogP contribution in [0.25, 0.3) is 21.8 Å². The molecular formula is C16H17NO2. The van der Waals surface area contributed by atoms with Crippen molar-refractivity contribution in [2.75, 3.05) is 13.2 Å². The number of rotatable bonds is 4. The highest BCUT2D eigenvalue weighted by atomic mass is 16.3. The maximum Gasteiger partial charge on any atom is 0.0498 e. The summed E-state index contributed by atoms with van der Waals surface area (Å²) in [6.07, 6.45) is 1.34. The number of benzene rings is 2. The molecular weight excluding hydrogens is 238 g/mol. The Morgan fingerprint density at radius 1 is 0.895 bits per heavy atom. The molecule has 3 rings (SSSR count). The molecule has 1 heterocycles. The molecule has 19 heavy (non-hydrogen) atoms. The van der Waals surface area contributed by atoms with Crippen LogP contribution in [0.4, 0.5) is 0 Å². The molecule has 0 bridgehead atoms. The van der Waals surface area contributed by atoms with Crippen LogP contribution in [0.15, 0.2) is 36.4 Å². The van der Waals surface area contributed by atoms with E-state index in [4.69, 9.17) is 10.2 Å². The third kappa shape index (κ3) is 2.11. The van der Waals surface area contributed by atoms with Crippen molar-refractivity contribution in [1.82, 2.24) is 4.98 Å². The molecule has 3 nitrogen and oxygen atoms in total. The maximum absolute atomic E-state index is 9.13. The summed E-state index contributed by atoms with van der Waals surface area (Å²) in [5, 5.41) is 20.5. The van der Waals surface area contributed by atoms with Gasteiger partial charge in [0, 0.05) is 35.0 Å². The summed E-state index contributed by atoms with van der Waals surface area (Å²) < 4.78 is 0. The van der Waals surface area contributed by atoms with Crippen LogP contribution in [0.3, 0.4) is 0 Å². The average molecular weight is 255 g/mol. The monoisotopic (exact) mass is 255 g/mol. The minimum Gasteiger partial charge on any atom is -0.396 e. The molecule has 0 atom stereocenters. The standard InChI is InChI=1S/C16H17NO2/c18-8-6-11-4-5-13-14-3-1-2-12(7-9-19)16(14)17-15(13)10-11/h1-5,10,17-19H,6-9H2. The Bertz CT molecular complexity index is 715. The molecule has 0 saturated carbocycles. The van der Waals surface area contributed by atoms with Crippen LogP contribution in [-0.4, -0.2) is 28.4 Å². The molecule has 3 aromatic rings. The minimum atomic E-state index is 0.157. The summed E-state index contributed by atoms with van der Waals surface area (Å²) in [7, 11) is 0. The third-order valence-corrected chi connectivity index (χ3v) is 3.57. The molecule has 0 aliphatic rings. The molecule has 0 fully saturated rings. The van der Waals surface area contributed by atoms with Gasteiger partial charge in [-0.3, -0.25) is 0 Å². The SMILES string of the molecule is OCCc1ccc2c(c1)[nH]c1c(CCO)cccc12. The van der Waals surface area contributed by atoms with Crippen molar-refractivity contribution in [1.29, 1.82) is 0 Å². The fourth-order valence-electron chi connectivity index (χ4n) is 2.65. The lowest BCUT2D eigenvalue weighted by Crippen LogP contribution is -1.91. The highest BCUT2D eigenvalue weighted by Crippen LogP contribution is 2.28. The highest BCUT2D eigenvalue weighted by molar-refractivity contribution is 6.08. The van der Waals surface area contributed by atoms with Gasteiger partial charge in [0.25, 0.3) is 0 Å². The van der Waals surface area contributed by atoms with Gasteiger partial charge in [0.1, 0.15) is 0 Å². The van der Waals surface area contributed by atoms with E-state index in [0.29, 0.717) is 12.8 Å². The first-order valence-corrected chi connectivity index (χ1v) is 6.57. The van der Waals surface area contributed by atoms with E-state index < -0.39 is 0 Å². The number of hydrogen-bond donors (Lipinski definition) is 3. The van der Waals surface area contributed by atoms with Crippen LogP contribution in [0, 0.1) is 0 Å². The van der Waals surface area contributed by atoms with Crippen molar-refractivity contribution < 1.29 is 10.2 Å². The van der Waals surface area contributed by atoms with Gasteiger partial charge in [0.15, 0.2) is 0 Å². The second kappa shape index (κ2) is 5.03. The Morgan fingerprint density at radius 2 is 1.74 bits per heavy atom. The number of aliphatic hydroxyl groups is 2. The number of para-hydroxylation sites is 1. The molecule has 0 radical (unpaired) electrons. The van der Waals surface area contributed by atoms with Crippen LogP contribution in [0.2, 0.25) is 0 Å². The molecule has 0 spiro atoms. The average Bonchev–Trinajstić information content (AvgIpc) is 2.78. The molecule has 2 aromatic carbocycles. The molecule has 0 unspecified atom stereocenters. The van der Waals surface area contributed by atoms with E-state index >= 15 is 0 Å². The van der Waals surface area contributed by atoms with Crippen molar-refractivity contribution in [2.45, 2.75) is 12.8 Å². The summed E-state index contributed by atoms with van der Waals surface area (Å²) in [6.45, 7) is 0.325. The lowest BCUT2D eigenvalue weighted by Gasteiger charge is -1.99. The van der Waals surface area contributed by atoms with Crippen LogP contribution in [0.1, 0.15) is 11.1 Å². The summed E-state index contributed by atoms with van der Waals surface area (Å²) in [4.78, 5) is 3.44. The van der Waals surface area contributed by atoms with E-state index in [1.54, 1.807) is 0 Å². The van der Waals surface area contributed by atoms with Crippen LogP contribution in [0.5, 0.6) is 0 Å². The number of nitrogens with one attached hydrogen (secondary N) is 1. The van der Waals surface area contributed by atoms with Gasteiger partial charge < -0.3 is 15.2 Å². The van der Waals surface area contributed by atoms with Crippen LogP contribution in [-0.2, 0) is 12.8 Å². The normalized spacial score (nSPS) is 11.5. The third-order valence-electron chi connectivity index (χ3n) is 3.57. The zero-order valence-corrected chi connectivity index (χ0v) is 10.7. The molecule has 0 saturated heterocycles. The molecule has 0 amide bonds. The second-order valence-corrected chi connectivity index (χ2v) is 4.79. The predicted molar refractivity (Wildman–Crippen MR) is 77.4 cm³/mol. The van der Waals surface area contributed by atoms with E-state index in [0.717, 1.165) is 22.2 Å². The van der Waals surface area contributed by atoms with E-state index in [1.807, 2.05) is 12.1 Å². The van der Waals surface area contributed by atoms with Gasteiger partial charge in [0.2, 0.25) is 0 Å². The zero-order chi connectivity index (χ0) is 13.2. The van der Waals surface area contributed by atoms with Gasteiger partial charge in [-0.25, -0.2) is 0 Å². The van der Waals surface area contributed by atoms with E-state index in [-0.39, 0.29) is 13.2 Å². The van der Waals surface area contributed by atoms with Crippen molar-refractivity contribution in [3.05, 3.63) is 47.5 Å². The fraction of sp³-hybridized carbons (Fsp3) is 0.250. The molecule has 98 valence electrons.